The highest BCUT2D eigenvalue weighted by Gasteiger charge is 2.28. The van der Waals surface area contributed by atoms with Crippen LogP contribution in [-0.2, 0) is 0 Å². The lowest BCUT2D eigenvalue weighted by atomic mass is 9.93. The number of aryl methyl sites for hydroxylation is 1. The van der Waals surface area contributed by atoms with Crippen LogP contribution in [0.3, 0.4) is 0 Å². The first-order chi connectivity index (χ1) is 7.89. The van der Waals surface area contributed by atoms with E-state index in [1.165, 1.54) is 5.69 Å². The molecule has 94 valence electrons. The molecule has 1 saturated heterocycles. The van der Waals surface area contributed by atoms with Crippen molar-refractivity contribution in [2.75, 3.05) is 23.7 Å². The molecule has 1 aliphatic rings. The molecule has 0 saturated carbocycles. The minimum absolute atomic E-state index is 0.508. The summed E-state index contributed by atoms with van der Waals surface area (Å²) < 4.78 is 1.03. The van der Waals surface area contributed by atoms with Crippen molar-refractivity contribution in [1.82, 2.24) is 0 Å². The van der Waals surface area contributed by atoms with E-state index in [0.717, 1.165) is 41.7 Å². The summed E-state index contributed by atoms with van der Waals surface area (Å²) >= 11 is 3.56. The van der Waals surface area contributed by atoms with E-state index >= 15 is 0 Å². The van der Waals surface area contributed by atoms with Crippen LogP contribution in [0.4, 0.5) is 11.4 Å². The molecule has 0 aliphatic carbocycles. The highest BCUT2D eigenvalue weighted by atomic mass is 79.9. The Kier molecular flexibility index (Phi) is 3.36. The fraction of sp³-hybridized carbons (Fsp3) is 0.538. The molecule has 1 aliphatic heterocycles. The van der Waals surface area contributed by atoms with Crippen molar-refractivity contribution in [1.29, 1.82) is 0 Å². The van der Waals surface area contributed by atoms with E-state index < -0.39 is 5.60 Å². The van der Waals surface area contributed by atoms with Crippen LogP contribution in [0.15, 0.2) is 16.6 Å². The van der Waals surface area contributed by atoms with Gasteiger partial charge < -0.3 is 15.7 Å². The zero-order valence-corrected chi connectivity index (χ0v) is 11.9. The van der Waals surface area contributed by atoms with Crippen molar-refractivity contribution in [3.05, 3.63) is 22.2 Å². The smallest absolute Gasteiger partial charge is 0.0653 e. The van der Waals surface area contributed by atoms with Crippen LogP contribution >= 0.6 is 15.9 Å². The number of hydrogen-bond donors (Lipinski definition) is 2. The number of benzene rings is 1. The van der Waals surface area contributed by atoms with E-state index in [4.69, 9.17) is 5.73 Å². The second kappa shape index (κ2) is 4.50. The Morgan fingerprint density at radius 1 is 1.35 bits per heavy atom. The Labute approximate surface area is 111 Å². The molecular formula is C13H19BrN2O. The summed E-state index contributed by atoms with van der Waals surface area (Å²) in [6.07, 6.45) is 1.62. The third-order valence-electron chi connectivity index (χ3n) is 3.52. The van der Waals surface area contributed by atoms with Crippen molar-refractivity contribution in [2.24, 2.45) is 0 Å². The quantitative estimate of drug-likeness (QED) is 0.784. The summed E-state index contributed by atoms with van der Waals surface area (Å²) in [7, 11) is 0. The molecule has 0 amide bonds. The van der Waals surface area contributed by atoms with Gasteiger partial charge in [0, 0.05) is 23.2 Å². The number of hydrogen-bond acceptors (Lipinski definition) is 3. The van der Waals surface area contributed by atoms with Gasteiger partial charge in [0.25, 0.3) is 0 Å². The van der Waals surface area contributed by atoms with Gasteiger partial charge in [0.2, 0.25) is 0 Å². The Hall–Kier alpha value is -0.740. The summed E-state index contributed by atoms with van der Waals surface area (Å²) in [5.74, 6) is 0. The summed E-state index contributed by atoms with van der Waals surface area (Å²) in [5, 5.41) is 9.95. The SMILES string of the molecule is Cc1cc(N2CCC(C)(O)CC2)c(Br)cc1N. The van der Waals surface area contributed by atoms with Crippen LogP contribution in [0.1, 0.15) is 25.3 Å². The molecule has 0 radical (unpaired) electrons. The standard InChI is InChI=1S/C13H19BrN2O/c1-9-7-12(10(14)8-11(9)15)16-5-3-13(2,17)4-6-16/h7-8,17H,3-6,15H2,1-2H3. The number of aliphatic hydroxyl groups is 1. The summed E-state index contributed by atoms with van der Waals surface area (Å²) in [5.41, 5.74) is 8.45. The molecule has 1 aromatic carbocycles. The van der Waals surface area contributed by atoms with Crippen LogP contribution in [0, 0.1) is 6.92 Å². The highest BCUT2D eigenvalue weighted by Crippen LogP contribution is 2.34. The van der Waals surface area contributed by atoms with E-state index in [2.05, 4.69) is 26.9 Å². The second-order valence-corrected chi connectivity index (χ2v) is 6.00. The molecule has 2 rings (SSSR count). The largest absolute Gasteiger partial charge is 0.398 e. The molecular weight excluding hydrogens is 280 g/mol. The zero-order chi connectivity index (χ0) is 12.6. The molecule has 0 bridgehead atoms. The number of halogens is 1. The van der Waals surface area contributed by atoms with E-state index in [0.29, 0.717) is 0 Å². The molecule has 1 aromatic rings. The molecule has 1 fully saturated rings. The maximum Gasteiger partial charge on any atom is 0.0653 e. The second-order valence-electron chi connectivity index (χ2n) is 5.14. The third-order valence-corrected chi connectivity index (χ3v) is 4.15. The van der Waals surface area contributed by atoms with Crippen LogP contribution in [0.25, 0.3) is 0 Å². The van der Waals surface area contributed by atoms with Gasteiger partial charge in [-0.25, -0.2) is 0 Å². The number of anilines is 2. The van der Waals surface area contributed by atoms with Gasteiger partial charge in [0.1, 0.15) is 0 Å². The van der Waals surface area contributed by atoms with Crippen molar-refractivity contribution < 1.29 is 5.11 Å². The van der Waals surface area contributed by atoms with Gasteiger partial charge in [-0.1, -0.05) is 0 Å². The monoisotopic (exact) mass is 298 g/mol. The van der Waals surface area contributed by atoms with Gasteiger partial charge in [-0.2, -0.15) is 0 Å². The van der Waals surface area contributed by atoms with Crippen molar-refractivity contribution in [3.8, 4) is 0 Å². The van der Waals surface area contributed by atoms with Gasteiger partial charge in [-0.15, -0.1) is 0 Å². The predicted molar refractivity (Wildman–Crippen MR) is 75.4 cm³/mol. The molecule has 17 heavy (non-hydrogen) atoms. The Morgan fingerprint density at radius 2 is 1.94 bits per heavy atom. The van der Waals surface area contributed by atoms with Crippen LogP contribution in [0.2, 0.25) is 0 Å². The highest BCUT2D eigenvalue weighted by molar-refractivity contribution is 9.10. The molecule has 1 heterocycles. The fourth-order valence-electron chi connectivity index (χ4n) is 2.15. The third kappa shape index (κ3) is 2.75. The van der Waals surface area contributed by atoms with E-state index in [9.17, 15) is 5.11 Å². The number of piperidine rings is 1. The molecule has 0 aromatic heterocycles. The number of rotatable bonds is 1. The zero-order valence-electron chi connectivity index (χ0n) is 10.3. The van der Waals surface area contributed by atoms with Crippen molar-refractivity contribution >= 4 is 27.3 Å². The van der Waals surface area contributed by atoms with E-state index in [1.807, 2.05) is 19.9 Å². The van der Waals surface area contributed by atoms with Gasteiger partial charge in [0.05, 0.1) is 11.3 Å². The van der Waals surface area contributed by atoms with Crippen LogP contribution < -0.4 is 10.6 Å². The Morgan fingerprint density at radius 3 is 2.53 bits per heavy atom. The first kappa shape index (κ1) is 12.7. The first-order valence-electron chi connectivity index (χ1n) is 5.92. The summed E-state index contributed by atoms with van der Waals surface area (Å²) in [6, 6.07) is 4.07. The lowest BCUT2D eigenvalue weighted by Crippen LogP contribution is -2.42. The summed E-state index contributed by atoms with van der Waals surface area (Å²) in [4.78, 5) is 2.30. The normalized spacial score (nSPS) is 19.4. The molecule has 4 heteroatoms. The van der Waals surface area contributed by atoms with Crippen LogP contribution in [0.5, 0.6) is 0 Å². The summed E-state index contributed by atoms with van der Waals surface area (Å²) in [6.45, 7) is 5.70. The first-order valence-corrected chi connectivity index (χ1v) is 6.71. The molecule has 0 spiro atoms. The topological polar surface area (TPSA) is 49.5 Å². The van der Waals surface area contributed by atoms with Gasteiger partial charge in [-0.05, 0) is 60.3 Å². The minimum Gasteiger partial charge on any atom is -0.398 e. The lowest BCUT2D eigenvalue weighted by Gasteiger charge is -2.37. The number of nitrogens with two attached hydrogens (primary N) is 1. The maximum atomic E-state index is 9.95. The Bertz CT molecular complexity index is 422. The molecule has 0 atom stereocenters. The van der Waals surface area contributed by atoms with Gasteiger partial charge in [-0.3, -0.25) is 0 Å². The number of nitrogens with zero attached hydrogens (tertiary/aromatic N) is 1. The minimum atomic E-state index is -0.508. The van der Waals surface area contributed by atoms with Crippen molar-refractivity contribution in [2.45, 2.75) is 32.3 Å². The molecule has 0 unspecified atom stereocenters. The van der Waals surface area contributed by atoms with Gasteiger partial charge in [0.15, 0.2) is 0 Å². The van der Waals surface area contributed by atoms with Gasteiger partial charge >= 0.3 is 0 Å². The maximum absolute atomic E-state index is 9.95. The van der Waals surface area contributed by atoms with E-state index in [1.54, 1.807) is 0 Å². The molecule has 3 N–H and O–H groups in total. The average Bonchev–Trinajstić information content (AvgIpc) is 2.24. The van der Waals surface area contributed by atoms with Crippen molar-refractivity contribution in [3.63, 3.8) is 0 Å². The lowest BCUT2D eigenvalue weighted by molar-refractivity contribution is 0.0351. The predicted octanol–water partition coefficient (Wildman–Crippen LogP) is 2.69. The van der Waals surface area contributed by atoms with E-state index in [-0.39, 0.29) is 0 Å². The Balaban J connectivity index is 2.21. The number of nitrogen functional groups attached to an aromatic ring is 1. The average molecular weight is 299 g/mol. The fourth-order valence-corrected chi connectivity index (χ4v) is 2.77. The molecule has 3 nitrogen and oxygen atoms in total. The van der Waals surface area contributed by atoms with Crippen LogP contribution in [-0.4, -0.2) is 23.8 Å².